The predicted molar refractivity (Wildman–Crippen MR) is 78.4 cm³/mol. The van der Waals surface area contributed by atoms with E-state index in [0.29, 0.717) is 19.4 Å². The van der Waals surface area contributed by atoms with Crippen molar-refractivity contribution in [2.75, 3.05) is 25.5 Å². The number of rotatable bonds is 7. The van der Waals surface area contributed by atoms with E-state index in [4.69, 9.17) is 5.11 Å². The number of amides is 1. The summed E-state index contributed by atoms with van der Waals surface area (Å²) >= 11 is 0. The number of carbonyl (C=O) groups is 1. The summed E-state index contributed by atoms with van der Waals surface area (Å²) in [7, 11) is 4.01. The van der Waals surface area contributed by atoms with E-state index in [1.54, 1.807) is 6.92 Å². The van der Waals surface area contributed by atoms with Crippen LogP contribution >= 0.6 is 0 Å². The van der Waals surface area contributed by atoms with Crippen molar-refractivity contribution < 1.29 is 9.90 Å². The molecule has 4 nitrogen and oxygen atoms in total. The number of anilines is 1. The summed E-state index contributed by atoms with van der Waals surface area (Å²) in [6, 6.07) is 8.22. The zero-order chi connectivity index (χ0) is 14.3. The minimum atomic E-state index is -0.362. The van der Waals surface area contributed by atoms with E-state index < -0.39 is 0 Å². The molecule has 106 valence electrons. The number of nitrogens with one attached hydrogen (secondary N) is 1. The second-order valence-electron chi connectivity index (χ2n) is 5.05. The van der Waals surface area contributed by atoms with Gasteiger partial charge in [0.05, 0.1) is 6.10 Å². The van der Waals surface area contributed by atoms with E-state index in [2.05, 4.69) is 29.6 Å². The van der Waals surface area contributed by atoms with Gasteiger partial charge >= 0.3 is 0 Å². The van der Waals surface area contributed by atoms with Gasteiger partial charge in [0.2, 0.25) is 5.91 Å². The molecule has 0 bridgehead atoms. The number of aryl methyl sites for hydroxylation is 1. The standard InChI is InChI=1S/C15H24N2O2/c1-12(18)10-11-16-15(19)9-6-13-4-7-14(8-5-13)17(2)3/h4-5,7-8,12,18H,6,9-11H2,1-3H3,(H,16,19). The highest BCUT2D eigenvalue weighted by atomic mass is 16.3. The lowest BCUT2D eigenvalue weighted by atomic mass is 10.1. The molecule has 0 aliphatic heterocycles. The molecular weight excluding hydrogens is 240 g/mol. The Morgan fingerprint density at radius 3 is 2.47 bits per heavy atom. The van der Waals surface area contributed by atoms with Crippen LogP contribution in [0.15, 0.2) is 24.3 Å². The summed E-state index contributed by atoms with van der Waals surface area (Å²) in [6.07, 6.45) is 1.47. The first-order chi connectivity index (χ1) is 8.99. The van der Waals surface area contributed by atoms with Gasteiger partial charge in [0, 0.05) is 32.7 Å². The van der Waals surface area contributed by atoms with Crippen molar-refractivity contribution in [1.29, 1.82) is 0 Å². The molecule has 1 unspecified atom stereocenters. The Balaban J connectivity index is 2.30. The predicted octanol–water partition coefficient (Wildman–Crippen LogP) is 1.57. The molecule has 0 heterocycles. The van der Waals surface area contributed by atoms with Crippen molar-refractivity contribution in [3.8, 4) is 0 Å². The first-order valence-electron chi connectivity index (χ1n) is 6.70. The number of benzene rings is 1. The second kappa shape index (κ2) is 7.79. The molecule has 1 aromatic carbocycles. The molecule has 0 aliphatic carbocycles. The van der Waals surface area contributed by atoms with Crippen LogP contribution in [0.25, 0.3) is 0 Å². The highest BCUT2D eigenvalue weighted by molar-refractivity contribution is 5.76. The Labute approximate surface area is 115 Å². The van der Waals surface area contributed by atoms with Crippen LogP contribution < -0.4 is 10.2 Å². The summed E-state index contributed by atoms with van der Waals surface area (Å²) in [5.41, 5.74) is 2.32. The minimum absolute atomic E-state index is 0.0392. The molecular formula is C15H24N2O2. The largest absolute Gasteiger partial charge is 0.393 e. The fourth-order valence-electron chi connectivity index (χ4n) is 1.73. The Morgan fingerprint density at radius 1 is 1.32 bits per heavy atom. The third kappa shape index (κ3) is 6.25. The molecule has 2 N–H and O–H groups in total. The Kier molecular flexibility index (Phi) is 6.36. The number of hydrogen-bond donors (Lipinski definition) is 2. The molecule has 1 rings (SSSR count). The number of hydrogen-bond acceptors (Lipinski definition) is 3. The van der Waals surface area contributed by atoms with Gasteiger partial charge in [-0.2, -0.15) is 0 Å². The molecule has 4 heteroatoms. The average molecular weight is 264 g/mol. The van der Waals surface area contributed by atoms with Crippen molar-refractivity contribution in [3.63, 3.8) is 0 Å². The highest BCUT2D eigenvalue weighted by Crippen LogP contribution is 2.13. The zero-order valence-electron chi connectivity index (χ0n) is 12.0. The Morgan fingerprint density at radius 2 is 1.95 bits per heavy atom. The van der Waals surface area contributed by atoms with Crippen molar-refractivity contribution in [3.05, 3.63) is 29.8 Å². The summed E-state index contributed by atoms with van der Waals surface area (Å²) in [6.45, 7) is 2.26. The van der Waals surface area contributed by atoms with Crippen LogP contribution in [-0.2, 0) is 11.2 Å². The SMILES string of the molecule is CC(O)CCNC(=O)CCc1ccc(N(C)C)cc1. The molecule has 0 saturated heterocycles. The van der Waals surface area contributed by atoms with Gasteiger partial charge in [0.1, 0.15) is 0 Å². The fourth-order valence-corrected chi connectivity index (χ4v) is 1.73. The average Bonchev–Trinajstić information content (AvgIpc) is 2.36. The topological polar surface area (TPSA) is 52.6 Å². The molecule has 1 amide bonds. The van der Waals surface area contributed by atoms with Gasteiger partial charge in [-0.3, -0.25) is 4.79 Å². The smallest absolute Gasteiger partial charge is 0.220 e. The third-order valence-electron chi connectivity index (χ3n) is 2.98. The summed E-state index contributed by atoms with van der Waals surface area (Å²) < 4.78 is 0. The lowest BCUT2D eigenvalue weighted by Crippen LogP contribution is -2.26. The third-order valence-corrected chi connectivity index (χ3v) is 2.98. The van der Waals surface area contributed by atoms with Crippen molar-refractivity contribution >= 4 is 11.6 Å². The van der Waals surface area contributed by atoms with Gasteiger partial charge in [-0.25, -0.2) is 0 Å². The van der Waals surface area contributed by atoms with Gasteiger partial charge in [0.25, 0.3) is 0 Å². The van der Waals surface area contributed by atoms with E-state index >= 15 is 0 Å². The van der Waals surface area contributed by atoms with Crippen molar-refractivity contribution in [1.82, 2.24) is 5.32 Å². The molecule has 0 fully saturated rings. The van der Waals surface area contributed by atoms with Crippen LogP contribution in [0.4, 0.5) is 5.69 Å². The zero-order valence-corrected chi connectivity index (χ0v) is 12.0. The number of nitrogens with zero attached hydrogens (tertiary/aromatic N) is 1. The summed E-state index contributed by atoms with van der Waals surface area (Å²) in [5.74, 6) is 0.0392. The molecule has 0 saturated carbocycles. The molecule has 1 aromatic rings. The number of aliphatic hydroxyl groups excluding tert-OH is 1. The lowest BCUT2D eigenvalue weighted by molar-refractivity contribution is -0.121. The molecule has 0 aromatic heterocycles. The van der Waals surface area contributed by atoms with Crippen LogP contribution in [-0.4, -0.2) is 37.8 Å². The maximum absolute atomic E-state index is 11.6. The fraction of sp³-hybridized carbons (Fsp3) is 0.533. The second-order valence-corrected chi connectivity index (χ2v) is 5.05. The monoisotopic (exact) mass is 264 g/mol. The first-order valence-corrected chi connectivity index (χ1v) is 6.70. The van der Waals surface area contributed by atoms with E-state index in [9.17, 15) is 4.79 Å². The van der Waals surface area contributed by atoms with E-state index in [1.807, 2.05) is 19.0 Å². The Hall–Kier alpha value is -1.55. The maximum atomic E-state index is 11.6. The van der Waals surface area contributed by atoms with E-state index in [0.717, 1.165) is 17.7 Å². The van der Waals surface area contributed by atoms with Gasteiger partial charge < -0.3 is 15.3 Å². The van der Waals surface area contributed by atoms with Gasteiger partial charge in [-0.15, -0.1) is 0 Å². The first kappa shape index (κ1) is 15.5. The minimum Gasteiger partial charge on any atom is -0.393 e. The maximum Gasteiger partial charge on any atom is 0.220 e. The molecule has 19 heavy (non-hydrogen) atoms. The normalized spacial score (nSPS) is 12.0. The summed E-state index contributed by atoms with van der Waals surface area (Å²) in [4.78, 5) is 13.6. The van der Waals surface area contributed by atoms with Gasteiger partial charge in [-0.05, 0) is 37.5 Å². The van der Waals surface area contributed by atoms with Crippen molar-refractivity contribution in [2.45, 2.75) is 32.3 Å². The van der Waals surface area contributed by atoms with Crippen LogP contribution in [0.1, 0.15) is 25.3 Å². The number of carbonyl (C=O) groups excluding carboxylic acids is 1. The van der Waals surface area contributed by atoms with E-state index in [-0.39, 0.29) is 12.0 Å². The van der Waals surface area contributed by atoms with Crippen LogP contribution in [0.5, 0.6) is 0 Å². The molecule has 0 radical (unpaired) electrons. The molecule has 1 atom stereocenters. The van der Waals surface area contributed by atoms with Crippen LogP contribution in [0.3, 0.4) is 0 Å². The van der Waals surface area contributed by atoms with Crippen LogP contribution in [0, 0.1) is 0 Å². The van der Waals surface area contributed by atoms with Gasteiger partial charge in [0.15, 0.2) is 0 Å². The highest BCUT2D eigenvalue weighted by Gasteiger charge is 2.03. The molecule has 0 spiro atoms. The van der Waals surface area contributed by atoms with Crippen molar-refractivity contribution in [2.24, 2.45) is 0 Å². The summed E-state index contributed by atoms with van der Waals surface area (Å²) in [5, 5.41) is 11.9. The van der Waals surface area contributed by atoms with Gasteiger partial charge in [-0.1, -0.05) is 12.1 Å². The van der Waals surface area contributed by atoms with Crippen LogP contribution in [0.2, 0.25) is 0 Å². The molecule has 0 aliphatic rings. The quantitative estimate of drug-likeness (QED) is 0.786. The number of aliphatic hydroxyl groups is 1. The lowest BCUT2D eigenvalue weighted by Gasteiger charge is -2.12. The van der Waals surface area contributed by atoms with E-state index in [1.165, 1.54) is 0 Å². The Bertz CT molecular complexity index is 386.